The number of hydrogen-bond acceptors (Lipinski definition) is 3. The minimum atomic E-state index is -0.194. The third-order valence-electron chi connectivity index (χ3n) is 3.62. The summed E-state index contributed by atoms with van der Waals surface area (Å²) in [4.78, 5) is 10.9. The first kappa shape index (κ1) is 20.9. The van der Waals surface area contributed by atoms with E-state index >= 15 is 0 Å². The fourth-order valence-corrected chi connectivity index (χ4v) is 2.21. The molecule has 0 aromatic heterocycles. The number of methoxy groups -OCH3 is 1. The number of carbonyl (C=O) groups excluding carboxylic acids is 1. The summed E-state index contributed by atoms with van der Waals surface area (Å²) in [6, 6.07) is 0. The normalized spacial score (nSPS) is 13.0. The Morgan fingerprint density at radius 3 is 2.36 bits per heavy atom. The van der Waals surface area contributed by atoms with E-state index in [2.05, 4.69) is 36.0 Å². The molecule has 0 heterocycles. The summed E-state index contributed by atoms with van der Waals surface area (Å²) >= 11 is 0. The van der Waals surface area contributed by atoms with E-state index in [9.17, 15) is 9.90 Å². The van der Waals surface area contributed by atoms with Crippen LogP contribution in [0.1, 0.15) is 77.6 Å². The summed E-state index contributed by atoms with van der Waals surface area (Å²) in [5, 5.41) is 9.88. The quantitative estimate of drug-likeness (QED) is 0.281. The Bertz CT molecular complexity index is 308. The lowest BCUT2D eigenvalue weighted by atomic mass is 10.0. The number of aliphatic hydroxyl groups is 1. The molecule has 0 aliphatic heterocycles. The van der Waals surface area contributed by atoms with E-state index in [0.29, 0.717) is 6.42 Å². The fourth-order valence-electron chi connectivity index (χ4n) is 2.21. The van der Waals surface area contributed by atoms with Crippen molar-refractivity contribution in [2.24, 2.45) is 0 Å². The molecule has 128 valence electrons. The minimum absolute atomic E-state index is 0.128. The van der Waals surface area contributed by atoms with Crippen molar-refractivity contribution < 1.29 is 14.6 Å². The van der Waals surface area contributed by atoms with Gasteiger partial charge in [-0.2, -0.15) is 0 Å². The van der Waals surface area contributed by atoms with Crippen LogP contribution in [-0.4, -0.2) is 24.3 Å². The molecular weight excluding hydrogens is 276 g/mol. The summed E-state index contributed by atoms with van der Waals surface area (Å²) in [7, 11) is 1.43. The zero-order chi connectivity index (χ0) is 16.5. The molecule has 0 saturated carbocycles. The number of ether oxygens (including phenoxy) is 1. The van der Waals surface area contributed by atoms with Crippen LogP contribution >= 0.6 is 0 Å². The van der Waals surface area contributed by atoms with E-state index in [0.717, 1.165) is 57.8 Å². The lowest BCUT2D eigenvalue weighted by Crippen LogP contribution is -2.05. The predicted molar refractivity (Wildman–Crippen MR) is 92.8 cm³/mol. The third kappa shape index (κ3) is 15.3. The highest BCUT2D eigenvalue weighted by Crippen LogP contribution is 2.11. The van der Waals surface area contributed by atoms with Gasteiger partial charge in [0.15, 0.2) is 0 Å². The van der Waals surface area contributed by atoms with Crippen LogP contribution in [-0.2, 0) is 9.53 Å². The SMILES string of the molecule is CCC/C=C\C/C=C\CC[C@H](O)CCCCCCC(=O)OC. The number of hydrogen-bond donors (Lipinski definition) is 1. The Hall–Kier alpha value is -1.09. The summed E-state index contributed by atoms with van der Waals surface area (Å²) in [5.41, 5.74) is 0. The summed E-state index contributed by atoms with van der Waals surface area (Å²) in [6.07, 6.45) is 19.1. The molecule has 0 rings (SSSR count). The second-order valence-corrected chi connectivity index (χ2v) is 5.73. The Labute approximate surface area is 136 Å². The van der Waals surface area contributed by atoms with Crippen molar-refractivity contribution in [1.82, 2.24) is 0 Å². The molecule has 0 aromatic rings. The van der Waals surface area contributed by atoms with Gasteiger partial charge < -0.3 is 9.84 Å². The van der Waals surface area contributed by atoms with Crippen molar-refractivity contribution in [3.05, 3.63) is 24.3 Å². The van der Waals surface area contributed by atoms with Gasteiger partial charge in [0.1, 0.15) is 0 Å². The molecule has 0 bridgehead atoms. The van der Waals surface area contributed by atoms with Gasteiger partial charge in [-0.3, -0.25) is 4.79 Å². The maximum atomic E-state index is 10.9. The number of unbranched alkanes of at least 4 members (excludes halogenated alkanes) is 4. The number of esters is 1. The maximum Gasteiger partial charge on any atom is 0.305 e. The zero-order valence-corrected chi connectivity index (χ0v) is 14.4. The highest BCUT2D eigenvalue weighted by molar-refractivity contribution is 5.68. The van der Waals surface area contributed by atoms with Crippen LogP contribution in [0.4, 0.5) is 0 Å². The van der Waals surface area contributed by atoms with Gasteiger partial charge >= 0.3 is 5.97 Å². The molecule has 0 radical (unpaired) electrons. The van der Waals surface area contributed by atoms with Gasteiger partial charge in [0, 0.05) is 6.42 Å². The van der Waals surface area contributed by atoms with Crippen molar-refractivity contribution in [3.63, 3.8) is 0 Å². The first-order valence-corrected chi connectivity index (χ1v) is 8.75. The summed E-state index contributed by atoms with van der Waals surface area (Å²) in [5.74, 6) is -0.128. The maximum absolute atomic E-state index is 10.9. The molecule has 3 heteroatoms. The molecule has 0 amide bonds. The van der Waals surface area contributed by atoms with Crippen LogP contribution in [0.5, 0.6) is 0 Å². The minimum Gasteiger partial charge on any atom is -0.469 e. The van der Waals surface area contributed by atoms with E-state index in [1.54, 1.807) is 0 Å². The van der Waals surface area contributed by atoms with Gasteiger partial charge in [0.05, 0.1) is 13.2 Å². The topological polar surface area (TPSA) is 46.5 Å². The number of allylic oxidation sites excluding steroid dienone is 4. The molecule has 0 saturated heterocycles. The molecule has 0 aliphatic rings. The highest BCUT2D eigenvalue weighted by Gasteiger charge is 2.03. The standard InChI is InChI=1S/C19H34O3/c1-3-4-5-6-7-8-9-12-15-18(20)16-13-10-11-14-17-19(21)22-2/h5-6,8-9,18,20H,3-4,7,10-17H2,1-2H3/b6-5-,9-8-/t18-/m0/s1. The third-order valence-corrected chi connectivity index (χ3v) is 3.62. The van der Waals surface area contributed by atoms with Gasteiger partial charge in [0.25, 0.3) is 0 Å². The average molecular weight is 310 g/mol. The van der Waals surface area contributed by atoms with Crippen LogP contribution in [0.2, 0.25) is 0 Å². The molecule has 0 fully saturated rings. The molecule has 22 heavy (non-hydrogen) atoms. The number of rotatable bonds is 14. The van der Waals surface area contributed by atoms with E-state index in [1.807, 2.05) is 0 Å². The monoisotopic (exact) mass is 310 g/mol. The Morgan fingerprint density at radius 2 is 1.68 bits per heavy atom. The zero-order valence-electron chi connectivity index (χ0n) is 14.4. The molecule has 3 nitrogen and oxygen atoms in total. The van der Waals surface area contributed by atoms with Gasteiger partial charge in [0.2, 0.25) is 0 Å². The second-order valence-electron chi connectivity index (χ2n) is 5.73. The number of aliphatic hydroxyl groups excluding tert-OH is 1. The Kier molecular flexibility index (Phi) is 15.5. The molecule has 0 aliphatic carbocycles. The van der Waals surface area contributed by atoms with E-state index in [-0.39, 0.29) is 12.1 Å². The molecule has 1 atom stereocenters. The lowest BCUT2D eigenvalue weighted by Gasteiger charge is -2.08. The first-order valence-electron chi connectivity index (χ1n) is 8.75. The number of carbonyl (C=O) groups is 1. The van der Waals surface area contributed by atoms with Crippen LogP contribution in [0.25, 0.3) is 0 Å². The molecule has 0 unspecified atom stereocenters. The van der Waals surface area contributed by atoms with Gasteiger partial charge in [-0.25, -0.2) is 0 Å². The summed E-state index contributed by atoms with van der Waals surface area (Å²) < 4.78 is 4.60. The van der Waals surface area contributed by atoms with Crippen LogP contribution in [0.3, 0.4) is 0 Å². The van der Waals surface area contributed by atoms with Crippen LogP contribution < -0.4 is 0 Å². The van der Waals surface area contributed by atoms with E-state index in [4.69, 9.17) is 0 Å². The van der Waals surface area contributed by atoms with Crippen molar-refractivity contribution in [2.45, 2.75) is 83.7 Å². The smallest absolute Gasteiger partial charge is 0.305 e. The fraction of sp³-hybridized carbons (Fsp3) is 0.737. The molecule has 0 spiro atoms. The van der Waals surface area contributed by atoms with Crippen molar-refractivity contribution in [2.75, 3.05) is 7.11 Å². The largest absolute Gasteiger partial charge is 0.469 e. The molecule has 1 N–H and O–H groups in total. The van der Waals surface area contributed by atoms with E-state index < -0.39 is 0 Å². The lowest BCUT2D eigenvalue weighted by molar-refractivity contribution is -0.140. The van der Waals surface area contributed by atoms with E-state index in [1.165, 1.54) is 13.5 Å². The van der Waals surface area contributed by atoms with Crippen molar-refractivity contribution in [1.29, 1.82) is 0 Å². The second kappa shape index (κ2) is 16.3. The van der Waals surface area contributed by atoms with Crippen LogP contribution in [0.15, 0.2) is 24.3 Å². The van der Waals surface area contributed by atoms with Crippen LogP contribution in [0, 0.1) is 0 Å². The molecular formula is C19H34O3. The predicted octanol–water partition coefficient (Wildman–Crippen LogP) is 4.94. The Morgan fingerprint density at radius 1 is 1.00 bits per heavy atom. The highest BCUT2D eigenvalue weighted by atomic mass is 16.5. The van der Waals surface area contributed by atoms with Gasteiger partial charge in [-0.1, -0.05) is 56.9 Å². The Balaban J connectivity index is 3.37. The molecule has 0 aromatic carbocycles. The summed E-state index contributed by atoms with van der Waals surface area (Å²) in [6.45, 7) is 2.18. The average Bonchev–Trinajstić information content (AvgIpc) is 2.52. The van der Waals surface area contributed by atoms with Crippen molar-refractivity contribution >= 4 is 5.97 Å². The van der Waals surface area contributed by atoms with Gasteiger partial charge in [-0.05, 0) is 38.5 Å². The van der Waals surface area contributed by atoms with Crippen molar-refractivity contribution in [3.8, 4) is 0 Å². The first-order chi connectivity index (χ1) is 10.7. The van der Waals surface area contributed by atoms with Gasteiger partial charge in [-0.15, -0.1) is 0 Å².